The van der Waals surface area contributed by atoms with Crippen LogP contribution in [0.1, 0.15) is 51.8 Å². The van der Waals surface area contributed by atoms with Crippen molar-refractivity contribution in [3.05, 3.63) is 52.3 Å². The average molecular weight is 326 g/mol. The minimum atomic E-state index is -0.0756. The third kappa shape index (κ3) is 3.51. The Morgan fingerprint density at radius 3 is 2.67 bits per heavy atom. The lowest BCUT2D eigenvalue weighted by Gasteiger charge is -2.25. The van der Waals surface area contributed by atoms with E-state index in [1.54, 1.807) is 0 Å². The molecule has 0 radical (unpaired) electrons. The van der Waals surface area contributed by atoms with Gasteiger partial charge in [0, 0.05) is 17.8 Å². The summed E-state index contributed by atoms with van der Waals surface area (Å²) >= 11 is 0. The number of aromatic nitrogens is 2. The quantitative estimate of drug-likeness (QED) is 0.888. The molecule has 3 rings (SSSR count). The Kier molecular flexibility index (Phi) is 5.00. The molecule has 0 aliphatic heterocycles. The number of nitrogens with zero attached hydrogens (tertiary/aromatic N) is 2. The Hall–Kier alpha value is -2.14. The maximum Gasteiger partial charge on any atom is 0.272 e. The summed E-state index contributed by atoms with van der Waals surface area (Å²) in [5.74, 6) is -0.0756. The lowest BCUT2D eigenvalue weighted by Crippen LogP contribution is -2.35. The second kappa shape index (κ2) is 7.18. The van der Waals surface area contributed by atoms with Gasteiger partial charge in [0.1, 0.15) is 0 Å². The topological polar surface area (TPSA) is 61.0 Å². The van der Waals surface area contributed by atoms with Crippen LogP contribution in [0.4, 0.5) is 0 Å². The van der Waals surface area contributed by atoms with Crippen LogP contribution in [-0.4, -0.2) is 41.6 Å². The summed E-state index contributed by atoms with van der Waals surface area (Å²) in [7, 11) is 4.07. The second-order valence-corrected chi connectivity index (χ2v) is 6.84. The summed E-state index contributed by atoms with van der Waals surface area (Å²) in [5, 5.41) is 10.4. The van der Waals surface area contributed by atoms with Crippen LogP contribution in [0.15, 0.2) is 24.3 Å². The molecule has 1 aliphatic carbocycles. The average Bonchev–Trinajstić information content (AvgIpc) is 3.00. The zero-order valence-electron chi connectivity index (χ0n) is 14.7. The molecule has 1 aromatic carbocycles. The van der Waals surface area contributed by atoms with Crippen LogP contribution in [-0.2, 0) is 12.8 Å². The van der Waals surface area contributed by atoms with Crippen molar-refractivity contribution in [3.63, 3.8) is 0 Å². The van der Waals surface area contributed by atoms with Crippen LogP contribution in [0.3, 0.4) is 0 Å². The van der Waals surface area contributed by atoms with Gasteiger partial charge in [-0.1, -0.05) is 29.8 Å². The highest BCUT2D eigenvalue weighted by Gasteiger charge is 2.23. The Labute approximate surface area is 143 Å². The van der Waals surface area contributed by atoms with E-state index in [2.05, 4.69) is 51.6 Å². The fraction of sp³-hybridized carbons (Fsp3) is 0.474. The second-order valence-electron chi connectivity index (χ2n) is 6.84. The molecule has 2 N–H and O–H groups in total. The van der Waals surface area contributed by atoms with E-state index in [1.165, 1.54) is 17.5 Å². The summed E-state index contributed by atoms with van der Waals surface area (Å²) in [6, 6.07) is 8.62. The third-order valence-corrected chi connectivity index (χ3v) is 4.81. The number of carbonyl (C=O) groups is 1. The standard InChI is InChI=1S/C19H26N4O/c1-13-8-10-14(11-9-13)17(23(2)3)12-20-19(24)18-15-6-4-5-7-16(15)21-22-18/h8-11,17H,4-7,12H2,1-3H3,(H,20,24)(H,21,22). The molecule has 0 spiro atoms. The molecule has 1 heterocycles. The highest BCUT2D eigenvalue weighted by molar-refractivity contribution is 5.94. The van der Waals surface area contributed by atoms with Crippen molar-refractivity contribution >= 4 is 5.91 Å². The normalized spacial score (nSPS) is 15.2. The van der Waals surface area contributed by atoms with Gasteiger partial charge in [-0.15, -0.1) is 0 Å². The molecule has 5 nitrogen and oxygen atoms in total. The lowest BCUT2D eigenvalue weighted by molar-refractivity contribution is 0.0936. The number of aryl methyl sites for hydroxylation is 2. The molecular weight excluding hydrogens is 300 g/mol. The predicted octanol–water partition coefficient (Wildman–Crippen LogP) is 2.63. The van der Waals surface area contributed by atoms with E-state index in [9.17, 15) is 4.79 Å². The number of fused-ring (bicyclic) bond motifs is 1. The summed E-state index contributed by atoms with van der Waals surface area (Å²) < 4.78 is 0. The maximum absolute atomic E-state index is 12.6. The molecule has 1 amide bonds. The highest BCUT2D eigenvalue weighted by Crippen LogP contribution is 2.22. The van der Waals surface area contributed by atoms with Crippen LogP contribution < -0.4 is 5.32 Å². The van der Waals surface area contributed by atoms with E-state index in [-0.39, 0.29) is 11.9 Å². The van der Waals surface area contributed by atoms with Crippen molar-refractivity contribution in [1.82, 2.24) is 20.4 Å². The van der Waals surface area contributed by atoms with Crippen LogP contribution >= 0.6 is 0 Å². The minimum Gasteiger partial charge on any atom is -0.349 e. The van der Waals surface area contributed by atoms with E-state index in [1.807, 2.05) is 14.1 Å². The van der Waals surface area contributed by atoms with Crippen molar-refractivity contribution in [1.29, 1.82) is 0 Å². The lowest BCUT2D eigenvalue weighted by atomic mass is 9.95. The number of H-pyrrole nitrogens is 1. The molecule has 1 aromatic heterocycles. The number of nitrogens with one attached hydrogen (secondary N) is 2. The van der Waals surface area contributed by atoms with Gasteiger partial charge in [-0.2, -0.15) is 5.10 Å². The van der Waals surface area contributed by atoms with Crippen molar-refractivity contribution in [2.24, 2.45) is 0 Å². The zero-order valence-corrected chi connectivity index (χ0v) is 14.7. The molecule has 1 aliphatic rings. The van der Waals surface area contributed by atoms with Gasteiger partial charge in [0.05, 0.1) is 6.04 Å². The van der Waals surface area contributed by atoms with Gasteiger partial charge in [-0.05, 0) is 52.3 Å². The Morgan fingerprint density at radius 1 is 1.25 bits per heavy atom. The van der Waals surface area contributed by atoms with Gasteiger partial charge in [-0.3, -0.25) is 9.89 Å². The number of hydrogen-bond donors (Lipinski definition) is 2. The molecule has 0 saturated heterocycles. The molecule has 1 unspecified atom stereocenters. The SMILES string of the molecule is Cc1ccc(C(CNC(=O)c2n[nH]c3c2CCCC3)N(C)C)cc1. The smallest absolute Gasteiger partial charge is 0.272 e. The van der Waals surface area contributed by atoms with Gasteiger partial charge in [0.15, 0.2) is 5.69 Å². The van der Waals surface area contributed by atoms with E-state index in [4.69, 9.17) is 0 Å². The van der Waals surface area contributed by atoms with E-state index in [0.29, 0.717) is 12.2 Å². The van der Waals surface area contributed by atoms with E-state index in [0.717, 1.165) is 30.5 Å². The summed E-state index contributed by atoms with van der Waals surface area (Å²) in [6.07, 6.45) is 4.26. The van der Waals surface area contributed by atoms with Crippen molar-refractivity contribution in [3.8, 4) is 0 Å². The highest BCUT2D eigenvalue weighted by atomic mass is 16.1. The van der Waals surface area contributed by atoms with Crippen LogP contribution in [0.2, 0.25) is 0 Å². The maximum atomic E-state index is 12.6. The molecule has 24 heavy (non-hydrogen) atoms. The van der Waals surface area contributed by atoms with Gasteiger partial charge in [0.2, 0.25) is 0 Å². The number of hydrogen-bond acceptors (Lipinski definition) is 3. The minimum absolute atomic E-state index is 0.0756. The number of aromatic amines is 1. The molecule has 1 atom stereocenters. The summed E-state index contributed by atoms with van der Waals surface area (Å²) in [5.41, 5.74) is 5.26. The van der Waals surface area contributed by atoms with Crippen LogP contribution in [0, 0.1) is 6.92 Å². The Balaban J connectivity index is 1.69. The van der Waals surface area contributed by atoms with E-state index >= 15 is 0 Å². The first-order valence-electron chi connectivity index (χ1n) is 8.63. The predicted molar refractivity (Wildman–Crippen MR) is 95.2 cm³/mol. The van der Waals surface area contributed by atoms with Crippen LogP contribution in [0.5, 0.6) is 0 Å². The monoisotopic (exact) mass is 326 g/mol. The largest absolute Gasteiger partial charge is 0.349 e. The molecule has 0 fully saturated rings. The molecule has 5 heteroatoms. The fourth-order valence-corrected chi connectivity index (χ4v) is 3.33. The van der Waals surface area contributed by atoms with Gasteiger partial charge in [-0.25, -0.2) is 0 Å². The van der Waals surface area contributed by atoms with Crippen molar-refractivity contribution in [2.45, 2.75) is 38.6 Å². The Morgan fingerprint density at radius 2 is 1.96 bits per heavy atom. The number of benzene rings is 1. The fourth-order valence-electron chi connectivity index (χ4n) is 3.33. The molecular formula is C19H26N4O. The number of amides is 1. The van der Waals surface area contributed by atoms with E-state index < -0.39 is 0 Å². The third-order valence-electron chi connectivity index (χ3n) is 4.81. The first-order chi connectivity index (χ1) is 11.6. The van der Waals surface area contributed by atoms with Crippen molar-refractivity contribution in [2.75, 3.05) is 20.6 Å². The van der Waals surface area contributed by atoms with Crippen LogP contribution in [0.25, 0.3) is 0 Å². The summed E-state index contributed by atoms with van der Waals surface area (Å²) in [4.78, 5) is 14.7. The first-order valence-corrected chi connectivity index (χ1v) is 8.63. The molecule has 0 bridgehead atoms. The number of rotatable bonds is 5. The van der Waals surface area contributed by atoms with Gasteiger partial charge >= 0.3 is 0 Å². The van der Waals surface area contributed by atoms with Gasteiger partial charge < -0.3 is 10.2 Å². The molecule has 128 valence electrons. The van der Waals surface area contributed by atoms with Crippen molar-refractivity contribution < 1.29 is 4.79 Å². The molecule has 2 aromatic rings. The number of likely N-dealkylation sites (N-methyl/N-ethyl adjacent to an activating group) is 1. The Bertz CT molecular complexity index is 703. The number of carbonyl (C=O) groups excluding carboxylic acids is 1. The molecule has 0 saturated carbocycles. The zero-order chi connectivity index (χ0) is 17.1. The van der Waals surface area contributed by atoms with Gasteiger partial charge in [0.25, 0.3) is 5.91 Å². The first kappa shape index (κ1) is 16.7. The summed E-state index contributed by atoms with van der Waals surface area (Å²) in [6.45, 7) is 2.65.